The van der Waals surface area contributed by atoms with Gasteiger partial charge in [-0.25, -0.2) is 0 Å². The average Bonchev–Trinajstić information content (AvgIpc) is 3.44. The monoisotopic (exact) mass is 1200 g/mol. The summed E-state index contributed by atoms with van der Waals surface area (Å²) in [4.78, 5) is 27.1. The van der Waals surface area contributed by atoms with Crippen LogP contribution in [0.1, 0.15) is 11.1 Å². The standard InChI is InChI=1S/C48H48N12O16S4.Na.H/c61-23-19-59(20-24-62)47-55-43(53-45(57-47)51-37-15-17-39(77(65,66)67)35-7-3-1-5-33(35)37)49-31-13-11-29(41(27-31)79(71,72)73)9-10-30-12-14-32(28-42(30)80(74,75)76)50-44-54-46(58-48(56-44)60(21-25-63)22-26-64)52-38-16-18-40(78(68,69)70)36-8-4-2-6-34(36)38;;/h1-18,27-28,61-64H,19-26H2,(H,65,66,67)(H,68,69,70)(H,71,72,73)(H,74,75,76)(H2,49,51,53,55,57)(H2,50,52,54,56,58);;. The van der Waals surface area contributed by atoms with E-state index in [-0.39, 0.29) is 172 Å². The predicted molar refractivity (Wildman–Crippen MR) is 302 cm³/mol. The Kier molecular flexibility index (Phi) is 19.6. The van der Waals surface area contributed by atoms with Crippen LogP contribution in [-0.2, 0) is 40.5 Å². The van der Waals surface area contributed by atoms with E-state index in [1.165, 1.54) is 70.5 Å². The van der Waals surface area contributed by atoms with E-state index in [1.54, 1.807) is 36.4 Å². The molecule has 12 N–H and O–H groups in total. The van der Waals surface area contributed by atoms with Gasteiger partial charge in [0.05, 0.1) is 26.4 Å². The van der Waals surface area contributed by atoms with Crippen molar-refractivity contribution in [1.29, 1.82) is 0 Å². The molecular formula is C48H49N12NaO16S4. The molecule has 0 atom stereocenters. The molecule has 0 saturated heterocycles. The average molecular weight is 1200 g/mol. The molecule has 28 nitrogen and oxygen atoms in total. The van der Waals surface area contributed by atoms with Crippen molar-refractivity contribution in [2.45, 2.75) is 19.6 Å². The van der Waals surface area contributed by atoms with Gasteiger partial charge in [-0.1, -0.05) is 72.8 Å². The number of benzene rings is 6. The minimum atomic E-state index is -5.06. The fraction of sp³-hybridized carbons (Fsp3) is 0.167. The van der Waals surface area contributed by atoms with Crippen LogP contribution in [0, 0.1) is 0 Å². The molecule has 8 aromatic rings. The summed E-state index contributed by atoms with van der Waals surface area (Å²) in [5.41, 5.74) is 0.163. The summed E-state index contributed by atoms with van der Waals surface area (Å²) in [5, 5.41) is 51.8. The second kappa shape index (κ2) is 25.8. The summed E-state index contributed by atoms with van der Waals surface area (Å²) in [5.74, 6) is -0.952. The summed E-state index contributed by atoms with van der Waals surface area (Å²) in [6.07, 6.45) is 2.29. The zero-order valence-corrected chi connectivity index (χ0v) is 44.5. The SMILES string of the molecule is O=S(=O)(O)c1cc(Nc2nc(Nc3ccc(S(=O)(=O)O)c4ccccc34)nc(N(CCO)CCO)n2)ccc1C=Cc1ccc(Nc2nc(Nc3ccc(S(=O)(=O)O)c4ccccc34)nc(N(CCO)CCO)n2)cc1S(=O)(=O)O.[NaH]. The van der Waals surface area contributed by atoms with E-state index in [0.29, 0.717) is 10.8 Å². The van der Waals surface area contributed by atoms with Crippen molar-refractivity contribution >= 4 is 162 Å². The van der Waals surface area contributed by atoms with Crippen LogP contribution in [0.25, 0.3) is 33.7 Å². The number of fused-ring (bicyclic) bond motifs is 2. The Balaban J connectivity index is 0.00000946. The Labute approximate surface area is 484 Å². The van der Waals surface area contributed by atoms with E-state index < -0.39 is 50.3 Å². The van der Waals surface area contributed by atoms with Gasteiger partial charge in [-0.2, -0.15) is 63.6 Å². The topological polar surface area (TPSA) is 430 Å². The van der Waals surface area contributed by atoms with Gasteiger partial charge in [-0.05, 0) is 59.7 Å². The van der Waals surface area contributed by atoms with Crippen molar-refractivity contribution < 1.29 is 72.3 Å². The second-order valence-corrected chi connectivity index (χ2v) is 22.5. The second-order valence-electron chi connectivity index (χ2n) is 17.0. The number of hydrogen-bond acceptors (Lipinski definition) is 24. The van der Waals surface area contributed by atoms with Gasteiger partial charge in [0.25, 0.3) is 40.5 Å². The first-order valence-electron chi connectivity index (χ1n) is 23.4. The first kappa shape index (κ1) is 61.5. The molecule has 0 aliphatic heterocycles. The number of hydrogen-bond donors (Lipinski definition) is 12. The molecule has 0 radical (unpaired) electrons. The van der Waals surface area contributed by atoms with Crippen LogP contribution >= 0.6 is 0 Å². The van der Waals surface area contributed by atoms with Crippen LogP contribution < -0.4 is 31.1 Å². The number of aliphatic hydroxyl groups excluding tert-OH is 4. The molecule has 0 fully saturated rings. The van der Waals surface area contributed by atoms with Crippen molar-refractivity contribution in [3.05, 3.63) is 120 Å². The molecular weight excluding hydrogens is 1150 g/mol. The van der Waals surface area contributed by atoms with E-state index in [1.807, 2.05) is 0 Å². The van der Waals surface area contributed by atoms with Crippen LogP contribution in [0.3, 0.4) is 0 Å². The van der Waals surface area contributed by atoms with Gasteiger partial charge < -0.3 is 51.5 Å². The summed E-state index contributed by atoms with van der Waals surface area (Å²) in [7, 11) is -19.4. The zero-order valence-electron chi connectivity index (χ0n) is 41.3. The Morgan fingerprint density at radius 3 is 1.00 bits per heavy atom. The number of rotatable bonds is 24. The molecule has 0 aliphatic carbocycles. The quantitative estimate of drug-likeness (QED) is 0.0234. The molecule has 0 amide bonds. The third kappa shape index (κ3) is 15.1. The number of aromatic nitrogens is 6. The molecule has 8 rings (SSSR count). The summed E-state index contributed by atoms with van der Waals surface area (Å²) in [6, 6.07) is 24.7. The normalized spacial score (nSPS) is 12.1. The summed E-state index contributed by atoms with van der Waals surface area (Å²) in [6.45, 7) is -1.78. The third-order valence-corrected chi connectivity index (χ3v) is 15.3. The Morgan fingerprint density at radius 2 is 0.691 bits per heavy atom. The molecule has 0 bridgehead atoms. The van der Waals surface area contributed by atoms with Gasteiger partial charge in [0.1, 0.15) is 19.6 Å². The maximum atomic E-state index is 12.9. The van der Waals surface area contributed by atoms with Crippen molar-refractivity contribution in [1.82, 2.24) is 29.9 Å². The molecule has 0 unspecified atom stereocenters. The molecule has 2 heterocycles. The number of anilines is 10. The van der Waals surface area contributed by atoms with E-state index in [9.17, 15) is 72.3 Å². The molecule has 33 heteroatoms. The molecule has 6 aromatic carbocycles. The van der Waals surface area contributed by atoms with Gasteiger partial charge in [-0.15, -0.1) is 0 Å². The molecule has 81 heavy (non-hydrogen) atoms. The molecule has 0 saturated carbocycles. The van der Waals surface area contributed by atoms with Crippen molar-refractivity contribution in [3.8, 4) is 0 Å². The number of nitrogens with zero attached hydrogens (tertiary/aromatic N) is 8. The van der Waals surface area contributed by atoms with Crippen molar-refractivity contribution in [2.75, 3.05) is 83.7 Å². The van der Waals surface area contributed by atoms with Gasteiger partial charge in [0.2, 0.25) is 35.7 Å². The van der Waals surface area contributed by atoms with Crippen LogP contribution in [0.4, 0.5) is 58.4 Å². The van der Waals surface area contributed by atoms with Gasteiger partial charge in [0.15, 0.2) is 0 Å². The van der Waals surface area contributed by atoms with Gasteiger partial charge in [0, 0.05) is 70.5 Å². The van der Waals surface area contributed by atoms with Gasteiger partial charge >= 0.3 is 29.6 Å². The predicted octanol–water partition coefficient (Wildman–Crippen LogP) is 3.43. The van der Waals surface area contributed by atoms with E-state index >= 15 is 0 Å². The van der Waals surface area contributed by atoms with E-state index in [2.05, 4.69) is 51.2 Å². The number of nitrogens with one attached hydrogen (secondary N) is 4. The Bertz CT molecular complexity index is 3880. The Hall–Kier alpha value is -7.12. The fourth-order valence-electron chi connectivity index (χ4n) is 8.18. The van der Waals surface area contributed by atoms with Crippen molar-refractivity contribution in [3.63, 3.8) is 0 Å². The van der Waals surface area contributed by atoms with Crippen LogP contribution in [-0.4, -0.2) is 184 Å². The minimum absolute atomic E-state index is 0. The van der Waals surface area contributed by atoms with Crippen LogP contribution in [0.5, 0.6) is 0 Å². The van der Waals surface area contributed by atoms with Crippen LogP contribution in [0.15, 0.2) is 129 Å². The fourth-order valence-corrected chi connectivity index (χ4v) is 11.0. The third-order valence-electron chi connectivity index (χ3n) is 11.6. The molecule has 0 aliphatic rings. The van der Waals surface area contributed by atoms with E-state index in [0.717, 1.165) is 24.3 Å². The van der Waals surface area contributed by atoms with Crippen LogP contribution in [0.2, 0.25) is 0 Å². The van der Waals surface area contributed by atoms with E-state index in [4.69, 9.17) is 0 Å². The molecule has 0 spiro atoms. The molecule has 422 valence electrons. The van der Waals surface area contributed by atoms with Gasteiger partial charge in [-0.3, -0.25) is 18.2 Å². The summed E-state index contributed by atoms with van der Waals surface area (Å²) < 4.78 is 141. The maximum absolute atomic E-state index is 12.9. The first-order chi connectivity index (χ1) is 38.0. The van der Waals surface area contributed by atoms with Crippen molar-refractivity contribution in [2.24, 2.45) is 0 Å². The number of aliphatic hydroxyl groups is 4. The molecule has 2 aromatic heterocycles. The Morgan fingerprint density at radius 1 is 0.383 bits per heavy atom. The first-order valence-corrected chi connectivity index (χ1v) is 29.2. The summed E-state index contributed by atoms with van der Waals surface area (Å²) >= 11 is 0. The zero-order chi connectivity index (χ0) is 57.6.